The highest BCUT2D eigenvalue weighted by Crippen LogP contribution is 2.20. The van der Waals surface area contributed by atoms with Crippen molar-refractivity contribution >= 4 is 5.91 Å². The van der Waals surface area contributed by atoms with Crippen molar-refractivity contribution in [1.82, 2.24) is 15.5 Å². The van der Waals surface area contributed by atoms with E-state index >= 15 is 0 Å². The van der Waals surface area contributed by atoms with Gasteiger partial charge in [0.1, 0.15) is 0 Å². The molecule has 4 nitrogen and oxygen atoms in total. The second-order valence-electron chi connectivity index (χ2n) is 7.90. The van der Waals surface area contributed by atoms with Crippen molar-refractivity contribution in [3.63, 3.8) is 0 Å². The number of likely N-dealkylation sites (tertiary alicyclic amines) is 1. The van der Waals surface area contributed by atoms with Gasteiger partial charge in [0.05, 0.1) is 0 Å². The standard InChI is InChI=1S/C21H33N3O/c1-17-9-12-24(13-10-17)16-20-5-3-2-4-19(20)15-23-21(25)7-6-18-8-11-22-14-18/h2-5,17-18,22H,6-16H2,1H3,(H,23,25). The number of piperidine rings is 1. The first kappa shape index (κ1) is 18.4. The van der Waals surface area contributed by atoms with Crippen LogP contribution in [0.4, 0.5) is 0 Å². The summed E-state index contributed by atoms with van der Waals surface area (Å²) in [7, 11) is 0. The molecule has 1 aromatic rings. The van der Waals surface area contributed by atoms with Crippen LogP contribution in [-0.4, -0.2) is 37.0 Å². The summed E-state index contributed by atoms with van der Waals surface area (Å²) >= 11 is 0. The number of nitrogens with zero attached hydrogens (tertiary/aromatic N) is 1. The third-order valence-electron chi connectivity index (χ3n) is 5.81. The Labute approximate surface area is 152 Å². The van der Waals surface area contributed by atoms with Crippen LogP contribution < -0.4 is 10.6 Å². The number of hydrogen-bond acceptors (Lipinski definition) is 3. The lowest BCUT2D eigenvalue weighted by Crippen LogP contribution is -2.33. The summed E-state index contributed by atoms with van der Waals surface area (Å²) in [4.78, 5) is 14.7. The number of nitrogens with one attached hydrogen (secondary N) is 2. The minimum atomic E-state index is 0.188. The minimum Gasteiger partial charge on any atom is -0.352 e. The van der Waals surface area contributed by atoms with Gasteiger partial charge in [-0.25, -0.2) is 0 Å². The maximum absolute atomic E-state index is 12.2. The van der Waals surface area contributed by atoms with Crippen molar-refractivity contribution in [2.75, 3.05) is 26.2 Å². The third kappa shape index (κ3) is 5.82. The summed E-state index contributed by atoms with van der Waals surface area (Å²) in [6.45, 7) is 8.57. The van der Waals surface area contributed by atoms with E-state index < -0.39 is 0 Å². The molecule has 2 aliphatic rings. The quantitative estimate of drug-likeness (QED) is 0.800. The van der Waals surface area contributed by atoms with E-state index in [0.717, 1.165) is 32.0 Å². The van der Waals surface area contributed by atoms with Crippen LogP contribution in [0.1, 0.15) is 50.2 Å². The maximum atomic E-state index is 12.2. The fourth-order valence-corrected chi connectivity index (χ4v) is 3.92. The second-order valence-corrected chi connectivity index (χ2v) is 7.90. The van der Waals surface area contributed by atoms with Crippen LogP contribution in [-0.2, 0) is 17.9 Å². The molecule has 0 spiro atoms. The molecule has 0 bridgehead atoms. The molecule has 1 unspecified atom stereocenters. The normalized spacial score (nSPS) is 22.2. The molecule has 0 aliphatic carbocycles. The van der Waals surface area contributed by atoms with E-state index in [9.17, 15) is 4.79 Å². The van der Waals surface area contributed by atoms with Gasteiger partial charge in [-0.1, -0.05) is 31.2 Å². The first-order chi connectivity index (χ1) is 12.2. The summed E-state index contributed by atoms with van der Waals surface area (Å²) in [6.07, 6.45) is 5.47. The average Bonchev–Trinajstić information content (AvgIpc) is 3.15. The lowest BCUT2D eigenvalue weighted by atomic mass is 9.98. The molecule has 1 aromatic carbocycles. The number of carbonyl (C=O) groups excluding carboxylic acids is 1. The smallest absolute Gasteiger partial charge is 0.220 e. The summed E-state index contributed by atoms with van der Waals surface area (Å²) in [5.74, 6) is 1.73. The Balaban J connectivity index is 1.46. The predicted octanol–water partition coefficient (Wildman–Crippen LogP) is 2.92. The van der Waals surface area contributed by atoms with Crippen molar-refractivity contribution in [3.8, 4) is 0 Å². The highest BCUT2D eigenvalue weighted by Gasteiger charge is 2.18. The van der Waals surface area contributed by atoms with Crippen molar-refractivity contribution < 1.29 is 4.79 Å². The highest BCUT2D eigenvalue weighted by molar-refractivity contribution is 5.75. The zero-order chi connectivity index (χ0) is 17.5. The number of amides is 1. The minimum absolute atomic E-state index is 0.188. The number of carbonyl (C=O) groups is 1. The Morgan fingerprint density at radius 2 is 1.96 bits per heavy atom. The van der Waals surface area contributed by atoms with Crippen LogP contribution in [0.5, 0.6) is 0 Å². The van der Waals surface area contributed by atoms with Crippen LogP contribution in [0.2, 0.25) is 0 Å². The van der Waals surface area contributed by atoms with Gasteiger partial charge in [-0.2, -0.15) is 0 Å². The van der Waals surface area contributed by atoms with Gasteiger partial charge in [0, 0.05) is 19.5 Å². The molecule has 2 heterocycles. The van der Waals surface area contributed by atoms with Crippen molar-refractivity contribution in [2.45, 2.75) is 52.1 Å². The topological polar surface area (TPSA) is 44.4 Å². The number of rotatable bonds is 7. The SMILES string of the molecule is CC1CCN(Cc2ccccc2CNC(=O)CCC2CCNC2)CC1. The molecule has 2 fully saturated rings. The molecule has 3 rings (SSSR count). The lowest BCUT2D eigenvalue weighted by Gasteiger charge is -2.30. The van der Waals surface area contributed by atoms with Crippen LogP contribution in [0.3, 0.4) is 0 Å². The van der Waals surface area contributed by atoms with Crippen molar-refractivity contribution in [1.29, 1.82) is 0 Å². The summed E-state index contributed by atoms with van der Waals surface area (Å²) in [5.41, 5.74) is 2.62. The number of hydrogen-bond donors (Lipinski definition) is 2. The van der Waals surface area contributed by atoms with Crippen LogP contribution >= 0.6 is 0 Å². The monoisotopic (exact) mass is 343 g/mol. The molecule has 138 valence electrons. The fourth-order valence-electron chi connectivity index (χ4n) is 3.92. The zero-order valence-electron chi connectivity index (χ0n) is 15.6. The van der Waals surface area contributed by atoms with E-state index in [1.165, 1.54) is 43.5 Å². The van der Waals surface area contributed by atoms with E-state index in [2.05, 4.69) is 46.7 Å². The molecule has 2 aliphatic heterocycles. The lowest BCUT2D eigenvalue weighted by molar-refractivity contribution is -0.121. The average molecular weight is 344 g/mol. The van der Waals surface area contributed by atoms with Gasteiger partial charge in [0.25, 0.3) is 0 Å². The van der Waals surface area contributed by atoms with Crippen LogP contribution in [0.15, 0.2) is 24.3 Å². The first-order valence-corrected chi connectivity index (χ1v) is 9.97. The third-order valence-corrected chi connectivity index (χ3v) is 5.81. The molecule has 0 saturated carbocycles. The summed E-state index contributed by atoms with van der Waals surface area (Å²) in [5, 5.41) is 6.50. The van der Waals surface area contributed by atoms with Gasteiger partial charge < -0.3 is 10.6 Å². The van der Waals surface area contributed by atoms with E-state index in [1.807, 2.05) is 0 Å². The molecule has 1 atom stereocenters. The predicted molar refractivity (Wildman–Crippen MR) is 102 cm³/mol. The summed E-state index contributed by atoms with van der Waals surface area (Å²) < 4.78 is 0. The largest absolute Gasteiger partial charge is 0.352 e. The second kappa shape index (κ2) is 9.35. The zero-order valence-corrected chi connectivity index (χ0v) is 15.6. The van der Waals surface area contributed by atoms with E-state index in [0.29, 0.717) is 18.9 Å². The Morgan fingerprint density at radius 1 is 1.20 bits per heavy atom. The van der Waals surface area contributed by atoms with Gasteiger partial charge in [-0.3, -0.25) is 9.69 Å². The van der Waals surface area contributed by atoms with Gasteiger partial charge in [0.15, 0.2) is 0 Å². The van der Waals surface area contributed by atoms with Gasteiger partial charge in [0.2, 0.25) is 5.91 Å². The summed E-state index contributed by atoms with van der Waals surface area (Å²) in [6, 6.07) is 8.56. The molecular weight excluding hydrogens is 310 g/mol. The van der Waals surface area contributed by atoms with E-state index in [1.54, 1.807) is 0 Å². The molecule has 1 amide bonds. The first-order valence-electron chi connectivity index (χ1n) is 9.97. The highest BCUT2D eigenvalue weighted by atomic mass is 16.1. The molecule has 25 heavy (non-hydrogen) atoms. The molecule has 0 aromatic heterocycles. The van der Waals surface area contributed by atoms with Crippen molar-refractivity contribution in [3.05, 3.63) is 35.4 Å². The van der Waals surface area contributed by atoms with Gasteiger partial charge in [-0.05, 0) is 74.8 Å². The molecule has 0 radical (unpaired) electrons. The Morgan fingerprint density at radius 3 is 2.68 bits per heavy atom. The van der Waals surface area contributed by atoms with Gasteiger partial charge in [-0.15, -0.1) is 0 Å². The van der Waals surface area contributed by atoms with Crippen LogP contribution in [0.25, 0.3) is 0 Å². The van der Waals surface area contributed by atoms with E-state index in [-0.39, 0.29) is 5.91 Å². The van der Waals surface area contributed by atoms with Crippen molar-refractivity contribution in [2.24, 2.45) is 11.8 Å². The molecular formula is C21H33N3O. The van der Waals surface area contributed by atoms with Gasteiger partial charge >= 0.3 is 0 Å². The maximum Gasteiger partial charge on any atom is 0.220 e. The Hall–Kier alpha value is -1.39. The molecule has 2 N–H and O–H groups in total. The molecule has 4 heteroatoms. The molecule has 2 saturated heterocycles. The Bertz CT molecular complexity index is 546. The Kier molecular flexibility index (Phi) is 6.88. The fraction of sp³-hybridized carbons (Fsp3) is 0.667. The van der Waals surface area contributed by atoms with E-state index in [4.69, 9.17) is 0 Å². The van der Waals surface area contributed by atoms with Crippen LogP contribution in [0, 0.1) is 11.8 Å². The number of benzene rings is 1.